The van der Waals surface area contributed by atoms with Crippen molar-refractivity contribution in [3.8, 4) is 0 Å². The molecule has 2 fully saturated rings. The van der Waals surface area contributed by atoms with Gasteiger partial charge < -0.3 is 9.64 Å². The molecule has 5 rings (SSSR count). The zero-order valence-corrected chi connectivity index (χ0v) is 18.8. The van der Waals surface area contributed by atoms with E-state index in [1.54, 1.807) is 46.3 Å². The molecule has 1 atom stereocenters. The molecule has 34 heavy (non-hydrogen) atoms. The van der Waals surface area contributed by atoms with Crippen molar-refractivity contribution in [3.05, 3.63) is 95.6 Å². The summed E-state index contributed by atoms with van der Waals surface area (Å²) < 4.78 is 19.8. The minimum absolute atomic E-state index is 0.0915. The number of carbonyl (C=O) groups excluding carboxylic acids is 2. The molecule has 0 aliphatic carbocycles. The largest absolute Gasteiger partial charge is 0.441 e. The third-order valence-electron chi connectivity index (χ3n) is 6.62. The van der Waals surface area contributed by atoms with Crippen LogP contribution >= 0.6 is 0 Å². The molecule has 2 aromatic carbocycles. The van der Waals surface area contributed by atoms with E-state index in [0.717, 1.165) is 12.1 Å². The molecular weight excluding hydrogens is 433 g/mol. The van der Waals surface area contributed by atoms with Crippen molar-refractivity contribution in [3.63, 3.8) is 0 Å². The van der Waals surface area contributed by atoms with Gasteiger partial charge >= 0.3 is 6.09 Å². The van der Waals surface area contributed by atoms with Crippen LogP contribution in [0.5, 0.6) is 0 Å². The van der Waals surface area contributed by atoms with Crippen LogP contribution in [0.3, 0.4) is 0 Å². The monoisotopic (exact) mass is 459 g/mol. The number of halogens is 1. The van der Waals surface area contributed by atoms with Crippen LogP contribution in [0.25, 0.3) is 0 Å². The molecule has 6 nitrogen and oxygen atoms in total. The number of likely N-dealkylation sites (tertiary alicyclic amines) is 1. The lowest BCUT2D eigenvalue weighted by Crippen LogP contribution is -2.37. The van der Waals surface area contributed by atoms with Crippen molar-refractivity contribution in [1.29, 1.82) is 0 Å². The first-order chi connectivity index (χ1) is 16.5. The van der Waals surface area contributed by atoms with Crippen LogP contribution in [0.4, 0.5) is 14.9 Å². The Hall–Kier alpha value is -3.74. The number of hydrogen-bond acceptors (Lipinski definition) is 4. The van der Waals surface area contributed by atoms with Gasteiger partial charge in [-0.1, -0.05) is 36.4 Å². The maximum Gasteiger partial charge on any atom is 0.415 e. The quantitative estimate of drug-likeness (QED) is 0.561. The topological polar surface area (TPSA) is 62.7 Å². The maximum atomic E-state index is 13.9. The van der Waals surface area contributed by atoms with Gasteiger partial charge in [-0.05, 0) is 48.7 Å². The average Bonchev–Trinajstić information content (AvgIpc) is 3.05. The van der Waals surface area contributed by atoms with Crippen molar-refractivity contribution in [1.82, 2.24) is 9.88 Å². The van der Waals surface area contributed by atoms with Crippen LogP contribution < -0.4 is 4.90 Å². The van der Waals surface area contributed by atoms with Gasteiger partial charge in [-0.3, -0.25) is 14.7 Å². The van der Waals surface area contributed by atoms with E-state index >= 15 is 0 Å². The molecule has 2 aliphatic heterocycles. The molecule has 2 saturated heterocycles. The minimum atomic E-state index is -0.580. The Morgan fingerprint density at radius 1 is 1.00 bits per heavy atom. The van der Waals surface area contributed by atoms with E-state index < -0.39 is 5.60 Å². The summed E-state index contributed by atoms with van der Waals surface area (Å²) in [7, 11) is 0. The van der Waals surface area contributed by atoms with E-state index in [9.17, 15) is 14.0 Å². The number of carbonyl (C=O) groups is 2. The lowest BCUT2D eigenvalue weighted by Gasteiger charge is -2.25. The lowest BCUT2D eigenvalue weighted by molar-refractivity contribution is 0.0438. The molecular formula is C27H26FN3O3. The minimum Gasteiger partial charge on any atom is -0.441 e. The van der Waals surface area contributed by atoms with E-state index in [2.05, 4.69) is 4.98 Å². The first kappa shape index (κ1) is 22.1. The summed E-state index contributed by atoms with van der Waals surface area (Å²) in [6, 6.07) is 19.6. The first-order valence-electron chi connectivity index (χ1n) is 11.6. The highest BCUT2D eigenvalue weighted by molar-refractivity contribution is 5.94. The molecule has 1 aromatic heterocycles. The molecule has 174 valence electrons. The van der Waals surface area contributed by atoms with Crippen LogP contribution in [-0.4, -0.2) is 47.1 Å². The van der Waals surface area contributed by atoms with Crippen molar-refractivity contribution in [2.75, 3.05) is 24.5 Å². The first-order valence-corrected chi connectivity index (χ1v) is 11.6. The highest BCUT2D eigenvalue weighted by atomic mass is 19.1. The van der Waals surface area contributed by atoms with Gasteiger partial charge in [-0.15, -0.1) is 0 Å². The standard InChI is InChI=1S/C27H26FN3O3/c28-24-10-5-4-7-20(24)17-22-12-11-21(18-29-22)25(32)30-15-6-13-27(14-16-30)19-31(26(33)34-27)23-8-2-1-3-9-23/h1-5,7-12,18H,6,13-17,19H2/t27-/m0/s1. The molecule has 3 aromatic rings. The Morgan fingerprint density at radius 2 is 1.79 bits per heavy atom. The van der Waals surface area contributed by atoms with Crippen LogP contribution in [-0.2, 0) is 11.2 Å². The predicted octanol–water partition coefficient (Wildman–Crippen LogP) is 4.83. The predicted molar refractivity (Wildman–Crippen MR) is 126 cm³/mol. The number of rotatable bonds is 4. The van der Waals surface area contributed by atoms with Crippen LogP contribution in [0.15, 0.2) is 72.9 Å². The maximum absolute atomic E-state index is 13.9. The van der Waals surface area contributed by atoms with Gasteiger partial charge in [-0.2, -0.15) is 0 Å². The summed E-state index contributed by atoms with van der Waals surface area (Å²) in [6.45, 7) is 1.59. The van der Waals surface area contributed by atoms with Gasteiger partial charge in [0.2, 0.25) is 0 Å². The zero-order valence-electron chi connectivity index (χ0n) is 18.8. The summed E-state index contributed by atoms with van der Waals surface area (Å²) in [4.78, 5) is 33.6. The number of para-hydroxylation sites is 1. The number of amides is 2. The van der Waals surface area contributed by atoms with Gasteiger partial charge in [0.05, 0.1) is 12.1 Å². The SMILES string of the molecule is O=C(c1ccc(Cc2ccccc2F)nc1)N1CCC[C@]2(CC1)CN(c1ccccc1)C(=O)O2. The molecule has 0 bridgehead atoms. The second-order valence-electron chi connectivity index (χ2n) is 8.92. The highest BCUT2D eigenvalue weighted by Gasteiger charge is 2.46. The third kappa shape index (κ3) is 4.51. The molecule has 2 amide bonds. The molecule has 0 saturated carbocycles. The van der Waals surface area contributed by atoms with Gasteiger partial charge in [0.15, 0.2) is 0 Å². The normalized spacial score (nSPS) is 20.3. The molecule has 2 aliphatic rings. The van der Waals surface area contributed by atoms with E-state index in [1.165, 1.54) is 6.07 Å². The van der Waals surface area contributed by atoms with Crippen molar-refractivity contribution >= 4 is 17.7 Å². The fourth-order valence-corrected chi connectivity index (χ4v) is 4.74. The molecule has 7 heteroatoms. The Labute approximate surface area is 198 Å². The van der Waals surface area contributed by atoms with Crippen molar-refractivity contribution < 1.29 is 18.7 Å². The zero-order chi connectivity index (χ0) is 23.5. The van der Waals surface area contributed by atoms with E-state index in [0.29, 0.717) is 55.7 Å². The van der Waals surface area contributed by atoms with Crippen molar-refractivity contribution in [2.24, 2.45) is 0 Å². The second-order valence-corrected chi connectivity index (χ2v) is 8.92. The molecule has 0 radical (unpaired) electrons. The van der Waals surface area contributed by atoms with Crippen LogP contribution in [0.1, 0.15) is 40.9 Å². The summed E-state index contributed by atoms with van der Waals surface area (Å²) >= 11 is 0. The Bertz CT molecular complexity index is 1190. The van der Waals surface area contributed by atoms with Gasteiger partial charge in [0, 0.05) is 43.5 Å². The highest BCUT2D eigenvalue weighted by Crippen LogP contribution is 2.36. The molecule has 3 heterocycles. The van der Waals surface area contributed by atoms with Crippen LogP contribution in [0, 0.1) is 5.82 Å². The van der Waals surface area contributed by atoms with Crippen molar-refractivity contribution in [2.45, 2.75) is 31.3 Å². The van der Waals surface area contributed by atoms with Gasteiger partial charge in [0.1, 0.15) is 11.4 Å². The summed E-state index contributed by atoms with van der Waals surface area (Å²) in [5.41, 5.74) is 2.02. The van der Waals surface area contributed by atoms with Gasteiger partial charge in [0.25, 0.3) is 5.91 Å². The molecule has 0 unspecified atom stereocenters. The number of aromatic nitrogens is 1. The second kappa shape index (κ2) is 9.25. The average molecular weight is 460 g/mol. The Kier molecular flexibility index (Phi) is 6.01. The smallest absolute Gasteiger partial charge is 0.415 e. The van der Waals surface area contributed by atoms with E-state index in [-0.39, 0.29) is 17.8 Å². The van der Waals surface area contributed by atoms with Crippen LogP contribution in [0.2, 0.25) is 0 Å². The van der Waals surface area contributed by atoms with E-state index in [4.69, 9.17) is 4.74 Å². The summed E-state index contributed by atoms with van der Waals surface area (Å²) in [5.74, 6) is -0.354. The fraction of sp³-hybridized carbons (Fsp3) is 0.296. The number of benzene rings is 2. The summed E-state index contributed by atoms with van der Waals surface area (Å²) in [6.07, 6.45) is 3.65. The van der Waals surface area contributed by atoms with E-state index in [1.807, 2.05) is 30.3 Å². The number of ether oxygens (including phenoxy) is 1. The lowest BCUT2D eigenvalue weighted by atomic mass is 9.95. The number of anilines is 1. The third-order valence-corrected chi connectivity index (χ3v) is 6.62. The Morgan fingerprint density at radius 3 is 2.56 bits per heavy atom. The number of nitrogens with zero attached hydrogens (tertiary/aromatic N) is 3. The summed E-state index contributed by atoms with van der Waals surface area (Å²) in [5, 5.41) is 0. The Balaban J connectivity index is 1.23. The molecule has 0 N–H and O–H groups in total. The number of pyridine rings is 1. The fourth-order valence-electron chi connectivity index (χ4n) is 4.74. The number of hydrogen-bond donors (Lipinski definition) is 0. The molecule has 1 spiro atoms. The van der Waals surface area contributed by atoms with Gasteiger partial charge in [-0.25, -0.2) is 9.18 Å².